The summed E-state index contributed by atoms with van der Waals surface area (Å²) in [5.74, 6) is 0.654. The summed E-state index contributed by atoms with van der Waals surface area (Å²) in [7, 11) is 1.67. The molecule has 0 aliphatic carbocycles. The number of nitrogens with one attached hydrogen (secondary N) is 2. The van der Waals surface area contributed by atoms with Crippen molar-refractivity contribution < 1.29 is 4.74 Å². The lowest BCUT2D eigenvalue weighted by molar-refractivity contribution is 0.184. The second-order valence-corrected chi connectivity index (χ2v) is 3.99. The lowest BCUT2D eigenvalue weighted by atomic mass is 10.2. The van der Waals surface area contributed by atoms with Gasteiger partial charge in [-0.05, 0) is 18.0 Å². The number of H-pyrrole nitrogens is 1. The molecular formula is C10H14ClN5O. The monoisotopic (exact) mass is 255 g/mol. The van der Waals surface area contributed by atoms with Gasteiger partial charge in [0, 0.05) is 7.11 Å². The first-order valence-corrected chi connectivity index (χ1v) is 5.74. The molecule has 0 fully saturated rings. The van der Waals surface area contributed by atoms with Crippen LogP contribution in [0.3, 0.4) is 0 Å². The Balaban J connectivity index is 2.30. The molecule has 0 saturated carbocycles. The quantitative estimate of drug-likeness (QED) is 0.798. The molecule has 1 atom stereocenters. The minimum absolute atomic E-state index is 0.178. The summed E-state index contributed by atoms with van der Waals surface area (Å²) in [4.78, 5) is 15.2. The van der Waals surface area contributed by atoms with Crippen molar-refractivity contribution in [2.75, 3.05) is 19.0 Å². The van der Waals surface area contributed by atoms with Crippen molar-refractivity contribution in [1.29, 1.82) is 0 Å². The molecule has 0 spiro atoms. The minimum Gasteiger partial charge on any atom is -0.383 e. The molecule has 2 aromatic rings. The van der Waals surface area contributed by atoms with Crippen LogP contribution < -0.4 is 5.32 Å². The van der Waals surface area contributed by atoms with Crippen molar-refractivity contribution in [1.82, 2.24) is 19.9 Å². The van der Waals surface area contributed by atoms with Gasteiger partial charge in [-0.25, -0.2) is 4.98 Å². The standard InChI is InChI=1S/C10H14ClN5O/c1-3-6(4-17-2)14-9-7-8(13-5-12-7)15-10(11)16-9/h5-6H,3-4H2,1-2H3,(H2,12,13,14,15,16). The number of aromatic nitrogens is 4. The first kappa shape index (κ1) is 12.1. The van der Waals surface area contributed by atoms with Gasteiger partial charge in [0.15, 0.2) is 11.5 Å². The van der Waals surface area contributed by atoms with Crippen LogP contribution in [-0.2, 0) is 4.74 Å². The molecule has 0 saturated heterocycles. The summed E-state index contributed by atoms with van der Waals surface area (Å²) in [6.07, 6.45) is 2.49. The van der Waals surface area contributed by atoms with E-state index in [1.807, 2.05) is 0 Å². The van der Waals surface area contributed by atoms with E-state index < -0.39 is 0 Å². The Labute approximate surface area is 104 Å². The Hall–Kier alpha value is -1.40. The summed E-state index contributed by atoms with van der Waals surface area (Å²) in [5, 5.41) is 3.45. The highest BCUT2D eigenvalue weighted by Crippen LogP contribution is 2.19. The fourth-order valence-corrected chi connectivity index (χ4v) is 1.73. The van der Waals surface area contributed by atoms with Gasteiger partial charge in [0.2, 0.25) is 5.28 Å². The first-order valence-electron chi connectivity index (χ1n) is 5.36. The van der Waals surface area contributed by atoms with Gasteiger partial charge in [-0.1, -0.05) is 6.92 Å². The van der Waals surface area contributed by atoms with Crippen LogP contribution in [0.25, 0.3) is 11.2 Å². The van der Waals surface area contributed by atoms with Crippen LogP contribution >= 0.6 is 11.6 Å². The summed E-state index contributed by atoms with van der Waals surface area (Å²) in [5.41, 5.74) is 1.31. The van der Waals surface area contributed by atoms with E-state index in [-0.39, 0.29) is 11.3 Å². The van der Waals surface area contributed by atoms with Crippen molar-refractivity contribution in [3.63, 3.8) is 0 Å². The number of methoxy groups -OCH3 is 1. The van der Waals surface area contributed by atoms with Gasteiger partial charge in [-0.15, -0.1) is 0 Å². The highest BCUT2D eigenvalue weighted by Gasteiger charge is 2.12. The number of hydrogen-bond acceptors (Lipinski definition) is 5. The molecule has 2 heterocycles. The molecule has 17 heavy (non-hydrogen) atoms. The molecule has 0 aromatic carbocycles. The maximum atomic E-state index is 5.84. The van der Waals surface area contributed by atoms with Crippen LogP contribution in [0.1, 0.15) is 13.3 Å². The number of halogens is 1. The van der Waals surface area contributed by atoms with Crippen molar-refractivity contribution in [3.05, 3.63) is 11.6 Å². The lowest BCUT2D eigenvalue weighted by Gasteiger charge is -2.16. The summed E-state index contributed by atoms with van der Waals surface area (Å²) >= 11 is 5.84. The van der Waals surface area contributed by atoms with Crippen molar-refractivity contribution >= 4 is 28.6 Å². The fourth-order valence-electron chi connectivity index (χ4n) is 1.57. The lowest BCUT2D eigenvalue weighted by Crippen LogP contribution is -2.24. The molecule has 0 bridgehead atoms. The molecule has 0 aliphatic rings. The van der Waals surface area contributed by atoms with Crippen LogP contribution in [0.2, 0.25) is 5.28 Å². The number of nitrogens with zero attached hydrogens (tertiary/aromatic N) is 3. The van der Waals surface area contributed by atoms with E-state index in [2.05, 4.69) is 32.2 Å². The smallest absolute Gasteiger partial charge is 0.226 e. The molecule has 2 aromatic heterocycles. The van der Waals surface area contributed by atoms with Gasteiger partial charge in [0.05, 0.1) is 19.0 Å². The Kier molecular flexibility index (Phi) is 3.75. The van der Waals surface area contributed by atoms with E-state index in [4.69, 9.17) is 16.3 Å². The van der Waals surface area contributed by atoms with E-state index in [0.717, 1.165) is 11.9 Å². The number of imidazole rings is 1. The molecule has 2 rings (SSSR count). The molecular weight excluding hydrogens is 242 g/mol. The Bertz CT molecular complexity index is 500. The van der Waals surface area contributed by atoms with Gasteiger partial charge in [0.25, 0.3) is 0 Å². The zero-order valence-electron chi connectivity index (χ0n) is 9.70. The number of fused-ring (bicyclic) bond motifs is 1. The first-order chi connectivity index (χ1) is 8.24. The second kappa shape index (κ2) is 5.29. The fraction of sp³-hybridized carbons (Fsp3) is 0.500. The largest absolute Gasteiger partial charge is 0.383 e. The second-order valence-electron chi connectivity index (χ2n) is 3.65. The van der Waals surface area contributed by atoms with Crippen LogP contribution in [0.5, 0.6) is 0 Å². The van der Waals surface area contributed by atoms with Gasteiger partial charge in [-0.3, -0.25) is 0 Å². The van der Waals surface area contributed by atoms with Crippen LogP contribution in [0, 0.1) is 0 Å². The zero-order valence-corrected chi connectivity index (χ0v) is 10.5. The summed E-state index contributed by atoms with van der Waals surface area (Å²) in [6, 6.07) is 0.178. The van der Waals surface area contributed by atoms with Gasteiger partial charge in [0.1, 0.15) is 5.52 Å². The number of hydrogen-bond donors (Lipinski definition) is 2. The Morgan fingerprint density at radius 3 is 3.06 bits per heavy atom. The molecule has 92 valence electrons. The summed E-state index contributed by atoms with van der Waals surface area (Å²) < 4.78 is 5.13. The third-order valence-electron chi connectivity index (χ3n) is 2.46. The third-order valence-corrected chi connectivity index (χ3v) is 2.63. The Morgan fingerprint density at radius 1 is 1.53 bits per heavy atom. The SMILES string of the molecule is CCC(COC)Nc1nc(Cl)nc2nc[nH]c12. The van der Waals surface area contributed by atoms with Gasteiger partial charge in [-0.2, -0.15) is 9.97 Å². The molecule has 0 amide bonds. The predicted molar refractivity (Wildman–Crippen MR) is 66.3 cm³/mol. The number of aromatic amines is 1. The normalized spacial score (nSPS) is 12.9. The molecule has 7 heteroatoms. The average Bonchev–Trinajstić information content (AvgIpc) is 2.76. The maximum absolute atomic E-state index is 5.84. The number of rotatable bonds is 5. The molecule has 1 unspecified atom stereocenters. The van der Waals surface area contributed by atoms with E-state index in [1.54, 1.807) is 13.4 Å². The molecule has 2 N–H and O–H groups in total. The molecule has 0 aliphatic heterocycles. The maximum Gasteiger partial charge on any atom is 0.226 e. The summed E-state index contributed by atoms with van der Waals surface area (Å²) in [6.45, 7) is 2.68. The van der Waals surface area contributed by atoms with Crippen molar-refractivity contribution in [2.45, 2.75) is 19.4 Å². The highest BCUT2D eigenvalue weighted by molar-refractivity contribution is 6.28. The topological polar surface area (TPSA) is 75.7 Å². The van der Waals surface area contributed by atoms with Gasteiger partial charge >= 0.3 is 0 Å². The van der Waals surface area contributed by atoms with Crippen LogP contribution in [0.15, 0.2) is 6.33 Å². The van der Waals surface area contributed by atoms with E-state index in [9.17, 15) is 0 Å². The molecule has 6 nitrogen and oxygen atoms in total. The van der Waals surface area contributed by atoms with Crippen LogP contribution in [0.4, 0.5) is 5.82 Å². The minimum atomic E-state index is 0.178. The van der Waals surface area contributed by atoms with Gasteiger partial charge < -0.3 is 15.0 Å². The van der Waals surface area contributed by atoms with Crippen molar-refractivity contribution in [2.24, 2.45) is 0 Å². The number of anilines is 1. The van der Waals surface area contributed by atoms with Crippen LogP contribution in [-0.4, -0.2) is 39.7 Å². The van der Waals surface area contributed by atoms with E-state index in [1.165, 1.54) is 0 Å². The predicted octanol–water partition coefficient (Wildman–Crippen LogP) is 1.84. The zero-order chi connectivity index (χ0) is 12.3. The number of ether oxygens (including phenoxy) is 1. The molecule has 0 radical (unpaired) electrons. The third kappa shape index (κ3) is 2.65. The Morgan fingerprint density at radius 2 is 2.35 bits per heavy atom. The highest BCUT2D eigenvalue weighted by atomic mass is 35.5. The van der Waals surface area contributed by atoms with E-state index >= 15 is 0 Å². The van der Waals surface area contributed by atoms with E-state index in [0.29, 0.717) is 18.1 Å². The average molecular weight is 256 g/mol. The van der Waals surface area contributed by atoms with Crippen molar-refractivity contribution in [3.8, 4) is 0 Å².